The zero-order chi connectivity index (χ0) is 20.8. The number of hydrogen-bond acceptors (Lipinski definition) is 5. The molecule has 0 saturated carbocycles. The van der Waals surface area contributed by atoms with Gasteiger partial charge in [0, 0.05) is 63.5 Å². The normalized spacial score (nSPS) is 13.9. The van der Waals surface area contributed by atoms with E-state index in [4.69, 9.17) is 0 Å². The summed E-state index contributed by atoms with van der Waals surface area (Å²) in [6.07, 6.45) is 2.03. The van der Waals surface area contributed by atoms with Crippen molar-refractivity contribution >= 4 is 29.1 Å². The van der Waals surface area contributed by atoms with Crippen LogP contribution in [0.4, 0.5) is 11.5 Å². The Balaban J connectivity index is 1.54. The molecule has 0 radical (unpaired) electrons. The van der Waals surface area contributed by atoms with Gasteiger partial charge in [0.15, 0.2) is 5.78 Å². The van der Waals surface area contributed by atoms with E-state index in [9.17, 15) is 14.4 Å². The maximum Gasteiger partial charge on any atom is 0.224 e. The molecule has 1 fully saturated rings. The molecule has 3 rings (SSSR count). The highest BCUT2D eigenvalue weighted by atomic mass is 16.2. The van der Waals surface area contributed by atoms with Crippen molar-refractivity contribution in [3.8, 4) is 0 Å². The van der Waals surface area contributed by atoms with Crippen molar-refractivity contribution in [2.75, 3.05) is 42.5 Å². The number of ketones is 1. The number of amides is 2. The Labute approximate surface area is 170 Å². The number of nitrogens with zero attached hydrogens (tertiary/aromatic N) is 4. The van der Waals surface area contributed by atoms with E-state index < -0.39 is 0 Å². The van der Waals surface area contributed by atoms with E-state index in [-0.39, 0.29) is 24.0 Å². The van der Waals surface area contributed by atoms with Crippen molar-refractivity contribution in [3.63, 3.8) is 0 Å². The molecule has 0 unspecified atom stereocenters. The Morgan fingerprint density at radius 2 is 1.66 bits per heavy atom. The predicted molar refractivity (Wildman–Crippen MR) is 112 cm³/mol. The van der Waals surface area contributed by atoms with Gasteiger partial charge in [-0.2, -0.15) is 0 Å². The summed E-state index contributed by atoms with van der Waals surface area (Å²) in [4.78, 5) is 46.1. The summed E-state index contributed by atoms with van der Waals surface area (Å²) in [5.74, 6) is 0.813. The molecule has 0 N–H and O–H groups in total. The molecule has 7 heteroatoms. The second kappa shape index (κ2) is 9.32. The van der Waals surface area contributed by atoms with Gasteiger partial charge in [-0.3, -0.25) is 14.4 Å². The fourth-order valence-corrected chi connectivity index (χ4v) is 3.44. The zero-order valence-corrected chi connectivity index (χ0v) is 16.9. The number of carbonyl (C=O) groups excluding carboxylic acids is 3. The lowest BCUT2D eigenvalue weighted by molar-refractivity contribution is -0.131. The largest absolute Gasteiger partial charge is 0.353 e. The predicted octanol–water partition coefficient (Wildman–Crippen LogP) is 2.38. The van der Waals surface area contributed by atoms with Crippen molar-refractivity contribution in [2.24, 2.45) is 0 Å². The number of rotatable bonds is 6. The van der Waals surface area contributed by atoms with E-state index in [2.05, 4.69) is 9.88 Å². The highest BCUT2D eigenvalue weighted by Crippen LogP contribution is 2.18. The number of Topliss-reactive ketones (excluding diaryl/α,β-unsaturated/α-hetero) is 1. The van der Waals surface area contributed by atoms with Gasteiger partial charge in [0.2, 0.25) is 11.8 Å². The van der Waals surface area contributed by atoms with E-state index in [1.54, 1.807) is 35.4 Å². The molecule has 0 spiro atoms. The molecule has 0 atom stereocenters. The molecule has 2 amide bonds. The summed E-state index contributed by atoms with van der Waals surface area (Å²) in [7, 11) is 0. The Hall–Kier alpha value is -3.22. The van der Waals surface area contributed by atoms with Crippen LogP contribution in [-0.2, 0) is 9.59 Å². The topological polar surface area (TPSA) is 73.8 Å². The number of aromatic nitrogens is 1. The lowest BCUT2D eigenvalue weighted by Gasteiger charge is -2.35. The first-order valence-corrected chi connectivity index (χ1v) is 9.78. The monoisotopic (exact) mass is 394 g/mol. The first kappa shape index (κ1) is 20.5. The van der Waals surface area contributed by atoms with Gasteiger partial charge in [-0.15, -0.1) is 0 Å². The summed E-state index contributed by atoms with van der Waals surface area (Å²) < 4.78 is 0. The molecule has 152 valence electrons. The first-order chi connectivity index (χ1) is 14.0. The van der Waals surface area contributed by atoms with E-state index in [0.717, 1.165) is 18.9 Å². The molecule has 0 bridgehead atoms. The van der Waals surface area contributed by atoms with Crippen LogP contribution in [0.2, 0.25) is 0 Å². The molecule has 1 aliphatic rings. The van der Waals surface area contributed by atoms with Crippen LogP contribution < -0.4 is 9.80 Å². The average molecular weight is 394 g/mol. The molecular formula is C22H26N4O3. The Bertz CT molecular complexity index is 859. The van der Waals surface area contributed by atoms with Crippen LogP contribution >= 0.6 is 0 Å². The minimum atomic E-state index is -0.131. The molecule has 1 aromatic heterocycles. The SMILES string of the molecule is CC(=O)c1ccc(N(CCC(=O)N2CCN(c3ccccn3)CC2)C(C)=O)cc1. The van der Waals surface area contributed by atoms with E-state index in [0.29, 0.717) is 30.9 Å². The molecule has 0 aliphatic carbocycles. The Morgan fingerprint density at radius 1 is 0.966 bits per heavy atom. The fraction of sp³-hybridized carbons (Fsp3) is 0.364. The van der Waals surface area contributed by atoms with Crippen LogP contribution in [-0.4, -0.2) is 60.2 Å². The van der Waals surface area contributed by atoms with Crippen LogP contribution in [0.5, 0.6) is 0 Å². The van der Waals surface area contributed by atoms with Crippen molar-refractivity contribution in [1.29, 1.82) is 0 Å². The Morgan fingerprint density at radius 3 is 2.21 bits per heavy atom. The molecule has 1 saturated heterocycles. The lowest BCUT2D eigenvalue weighted by Crippen LogP contribution is -2.49. The Kier molecular flexibility index (Phi) is 6.59. The first-order valence-electron chi connectivity index (χ1n) is 9.78. The van der Waals surface area contributed by atoms with Gasteiger partial charge in [-0.25, -0.2) is 4.98 Å². The smallest absolute Gasteiger partial charge is 0.224 e. The molecule has 1 aliphatic heterocycles. The third-order valence-electron chi connectivity index (χ3n) is 5.12. The van der Waals surface area contributed by atoms with Gasteiger partial charge in [0.1, 0.15) is 5.82 Å². The molecule has 1 aromatic carbocycles. The molecular weight excluding hydrogens is 368 g/mol. The van der Waals surface area contributed by atoms with Crippen molar-refractivity contribution in [1.82, 2.24) is 9.88 Å². The molecule has 7 nitrogen and oxygen atoms in total. The zero-order valence-electron chi connectivity index (χ0n) is 16.9. The third-order valence-corrected chi connectivity index (χ3v) is 5.12. The van der Waals surface area contributed by atoms with Gasteiger partial charge in [0.25, 0.3) is 0 Å². The van der Waals surface area contributed by atoms with Crippen LogP contribution in [0.1, 0.15) is 30.6 Å². The molecule has 29 heavy (non-hydrogen) atoms. The van der Waals surface area contributed by atoms with Gasteiger partial charge < -0.3 is 14.7 Å². The molecule has 2 heterocycles. The van der Waals surface area contributed by atoms with Crippen molar-refractivity contribution in [3.05, 3.63) is 54.2 Å². The maximum atomic E-state index is 12.7. The standard InChI is InChI=1S/C22H26N4O3/c1-17(27)19-6-8-20(9-7-19)26(18(2)28)12-10-22(29)25-15-13-24(14-16-25)21-5-3-4-11-23-21/h3-9,11H,10,12-16H2,1-2H3. The van der Waals surface area contributed by atoms with E-state index >= 15 is 0 Å². The summed E-state index contributed by atoms with van der Waals surface area (Å²) in [5, 5.41) is 0. The van der Waals surface area contributed by atoms with Crippen molar-refractivity contribution in [2.45, 2.75) is 20.3 Å². The average Bonchev–Trinajstić information content (AvgIpc) is 2.74. The number of piperazine rings is 1. The second-order valence-electron chi connectivity index (χ2n) is 7.08. The van der Waals surface area contributed by atoms with E-state index in [1.807, 2.05) is 23.1 Å². The third kappa shape index (κ3) is 5.19. The van der Waals surface area contributed by atoms with Gasteiger partial charge >= 0.3 is 0 Å². The summed E-state index contributed by atoms with van der Waals surface area (Å²) >= 11 is 0. The quantitative estimate of drug-likeness (QED) is 0.704. The highest BCUT2D eigenvalue weighted by Gasteiger charge is 2.23. The van der Waals surface area contributed by atoms with Gasteiger partial charge in [-0.05, 0) is 43.3 Å². The second-order valence-corrected chi connectivity index (χ2v) is 7.08. The van der Waals surface area contributed by atoms with Crippen LogP contribution in [0.3, 0.4) is 0 Å². The van der Waals surface area contributed by atoms with Crippen LogP contribution in [0.25, 0.3) is 0 Å². The van der Waals surface area contributed by atoms with Crippen molar-refractivity contribution < 1.29 is 14.4 Å². The van der Waals surface area contributed by atoms with Crippen LogP contribution in [0, 0.1) is 0 Å². The maximum absolute atomic E-state index is 12.7. The number of pyridine rings is 1. The fourth-order valence-electron chi connectivity index (χ4n) is 3.44. The minimum absolute atomic E-state index is 0.0223. The summed E-state index contributed by atoms with van der Waals surface area (Å²) in [5.41, 5.74) is 1.29. The number of benzene rings is 1. The number of hydrogen-bond donors (Lipinski definition) is 0. The summed E-state index contributed by atoms with van der Waals surface area (Å²) in [6, 6.07) is 12.7. The summed E-state index contributed by atoms with van der Waals surface area (Å²) in [6.45, 7) is 6.07. The van der Waals surface area contributed by atoms with E-state index in [1.165, 1.54) is 13.8 Å². The number of carbonyl (C=O) groups is 3. The van der Waals surface area contributed by atoms with Gasteiger partial charge in [0.05, 0.1) is 0 Å². The molecule has 2 aromatic rings. The highest BCUT2D eigenvalue weighted by molar-refractivity contribution is 5.96. The van der Waals surface area contributed by atoms with Gasteiger partial charge in [-0.1, -0.05) is 6.07 Å². The number of anilines is 2. The minimum Gasteiger partial charge on any atom is -0.353 e. The lowest BCUT2D eigenvalue weighted by atomic mass is 10.1. The van der Waals surface area contributed by atoms with Crippen LogP contribution in [0.15, 0.2) is 48.7 Å².